The van der Waals surface area contributed by atoms with Crippen LogP contribution in [0.25, 0.3) is 0 Å². The molecule has 0 amide bonds. The Bertz CT molecular complexity index is 283. The summed E-state index contributed by atoms with van der Waals surface area (Å²) in [4.78, 5) is 7.56. The lowest BCUT2D eigenvalue weighted by Gasteiger charge is -2.05. The normalized spacial score (nSPS) is 10.4. The van der Waals surface area contributed by atoms with Crippen molar-refractivity contribution in [2.75, 3.05) is 19.5 Å². The minimum absolute atomic E-state index is 0.0798. The topological polar surface area (TPSA) is 61.0 Å². The van der Waals surface area contributed by atoms with Gasteiger partial charge in [-0.05, 0) is 0 Å². The quantitative estimate of drug-likeness (QED) is 0.788. The fourth-order valence-corrected chi connectivity index (χ4v) is 1.45. The van der Waals surface area contributed by atoms with E-state index in [9.17, 15) is 0 Å². The first-order chi connectivity index (χ1) is 6.15. The van der Waals surface area contributed by atoms with E-state index in [4.69, 9.17) is 33.7 Å². The first kappa shape index (κ1) is 10.5. The molecule has 0 saturated carbocycles. The van der Waals surface area contributed by atoms with Crippen LogP contribution in [0, 0.1) is 0 Å². The second-order valence-corrected chi connectivity index (χ2v) is 3.10. The number of nitrogen functional groups attached to an aromatic ring is 1. The predicted octanol–water partition coefficient (Wildman–Crippen LogP) is 1.55. The zero-order chi connectivity index (χ0) is 9.84. The van der Waals surface area contributed by atoms with E-state index in [0.717, 1.165) is 0 Å². The summed E-state index contributed by atoms with van der Waals surface area (Å²) in [5.74, 6) is 0.0798. The number of anilines is 1. The highest BCUT2D eigenvalue weighted by Crippen LogP contribution is 2.22. The van der Waals surface area contributed by atoms with Gasteiger partial charge in [0, 0.05) is 19.1 Å². The van der Waals surface area contributed by atoms with E-state index < -0.39 is 0 Å². The van der Waals surface area contributed by atoms with Crippen molar-refractivity contribution in [3.8, 4) is 0 Å². The molecular formula is C7H9Cl2N3O. The van der Waals surface area contributed by atoms with Gasteiger partial charge in [-0.25, -0.2) is 9.97 Å². The molecule has 0 radical (unpaired) electrons. The van der Waals surface area contributed by atoms with Crippen LogP contribution in [0.3, 0.4) is 0 Å². The zero-order valence-electron chi connectivity index (χ0n) is 7.05. The maximum absolute atomic E-state index is 5.80. The van der Waals surface area contributed by atoms with Crippen molar-refractivity contribution in [1.82, 2.24) is 9.97 Å². The summed E-state index contributed by atoms with van der Waals surface area (Å²) >= 11 is 11.6. The van der Waals surface area contributed by atoms with Crippen LogP contribution < -0.4 is 5.73 Å². The lowest BCUT2D eigenvalue weighted by atomic mass is 10.2. The van der Waals surface area contributed by atoms with E-state index in [-0.39, 0.29) is 16.3 Å². The number of hydrogen-bond acceptors (Lipinski definition) is 4. The summed E-state index contributed by atoms with van der Waals surface area (Å²) in [6.07, 6.45) is 0.578. The van der Waals surface area contributed by atoms with Gasteiger partial charge >= 0.3 is 0 Å². The zero-order valence-corrected chi connectivity index (χ0v) is 8.56. The molecule has 0 spiro atoms. The Morgan fingerprint density at radius 1 is 1.31 bits per heavy atom. The summed E-state index contributed by atoms with van der Waals surface area (Å²) in [5, 5.41) is 0.573. The predicted molar refractivity (Wildman–Crippen MR) is 52.0 cm³/mol. The van der Waals surface area contributed by atoms with Crippen molar-refractivity contribution in [2.24, 2.45) is 0 Å². The number of ether oxygens (including phenoxy) is 1. The lowest BCUT2D eigenvalue weighted by molar-refractivity contribution is 0.202. The number of hydrogen-bond donors (Lipinski definition) is 1. The Morgan fingerprint density at radius 2 is 1.85 bits per heavy atom. The molecule has 1 rings (SSSR count). The molecule has 1 heterocycles. The standard InChI is InChI=1S/C7H9Cl2N3O/c1-13-3-2-4-5(8)11-7(10)12-6(4)9/h2-3H2,1H3,(H2,10,11,12). The van der Waals surface area contributed by atoms with E-state index in [0.29, 0.717) is 18.6 Å². The maximum atomic E-state index is 5.80. The molecule has 2 N–H and O–H groups in total. The molecule has 0 aliphatic rings. The fraction of sp³-hybridized carbons (Fsp3) is 0.429. The van der Waals surface area contributed by atoms with Crippen LogP contribution in [0.15, 0.2) is 0 Å². The maximum Gasteiger partial charge on any atom is 0.222 e. The monoisotopic (exact) mass is 221 g/mol. The highest BCUT2D eigenvalue weighted by molar-refractivity contribution is 6.34. The van der Waals surface area contributed by atoms with Crippen molar-refractivity contribution in [1.29, 1.82) is 0 Å². The highest BCUT2D eigenvalue weighted by atomic mass is 35.5. The van der Waals surface area contributed by atoms with Crippen molar-refractivity contribution < 1.29 is 4.74 Å². The van der Waals surface area contributed by atoms with Crippen LogP contribution in [0.4, 0.5) is 5.95 Å². The van der Waals surface area contributed by atoms with Crippen LogP contribution in [0.1, 0.15) is 5.56 Å². The summed E-state index contributed by atoms with van der Waals surface area (Å²) in [7, 11) is 1.60. The molecule has 4 nitrogen and oxygen atoms in total. The molecule has 1 aromatic heterocycles. The lowest BCUT2D eigenvalue weighted by Crippen LogP contribution is -2.03. The number of aromatic nitrogens is 2. The van der Waals surface area contributed by atoms with Gasteiger partial charge in [0.2, 0.25) is 5.95 Å². The molecule has 0 aromatic carbocycles. The summed E-state index contributed by atoms with van der Waals surface area (Å²) in [6.45, 7) is 0.521. The Kier molecular flexibility index (Phi) is 3.71. The average molecular weight is 222 g/mol. The summed E-state index contributed by atoms with van der Waals surface area (Å²) < 4.78 is 4.88. The summed E-state index contributed by atoms with van der Waals surface area (Å²) in [5.41, 5.74) is 6.00. The molecule has 0 atom stereocenters. The molecule has 0 unspecified atom stereocenters. The Morgan fingerprint density at radius 3 is 2.31 bits per heavy atom. The van der Waals surface area contributed by atoms with Crippen molar-refractivity contribution in [3.63, 3.8) is 0 Å². The Hall–Kier alpha value is -0.580. The van der Waals surface area contributed by atoms with E-state index >= 15 is 0 Å². The largest absolute Gasteiger partial charge is 0.384 e. The van der Waals surface area contributed by atoms with Crippen molar-refractivity contribution in [2.45, 2.75) is 6.42 Å². The van der Waals surface area contributed by atoms with E-state index in [1.54, 1.807) is 7.11 Å². The van der Waals surface area contributed by atoms with Gasteiger partial charge in [0.05, 0.1) is 6.61 Å². The van der Waals surface area contributed by atoms with Gasteiger partial charge in [-0.2, -0.15) is 0 Å². The minimum Gasteiger partial charge on any atom is -0.384 e. The SMILES string of the molecule is COCCc1c(Cl)nc(N)nc1Cl. The van der Waals surface area contributed by atoms with Gasteiger partial charge in [-0.3, -0.25) is 0 Å². The molecule has 1 aromatic rings. The molecule has 0 aliphatic carbocycles. The van der Waals surface area contributed by atoms with Crippen molar-refractivity contribution in [3.05, 3.63) is 15.9 Å². The minimum atomic E-state index is 0.0798. The molecule has 6 heteroatoms. The number of nitrogens with two attached hydrogens (primary N) is 1. The highest BCUT2D eigenvalue weighted by Gasteiger charge is 2.09. The number of methoxy groups -OCH3 is 1. The molecule has 0 aliphatic heterocycles. The average Bonchev–Trinajstić information content (AvgIpc) is 2.02. The van der Waals surface area contributed by atoms with Gasteiger partial charge in [-0.1, -0.05) is 23.2 Å². The van der Waals surface area contributed by atoms with Crippen LogP contribution in [0.2, 0.25) is 10.3 Å². The van der Waals surface area contributed by atoms with Gasteiger partial charge in [0.1, 0.15) is 10.3 Å². The fourth-order valence-electron chi connectivity index (χ4n) is 0.857. The van der Waals surface area contributed by atoms with Gasteiger partial charge < -0.3 is 10.5 Å². The third kappa shape index (κ3) is 2.69. The molecule has 0 bridgehead atoms. The van der Waals surface area contributed by atoms with E-state index in [1.807, 2.05) is 0 Å². The first-order valence-corrected chi connectivity index (χ1v) is 4.37. The number of halogens is 2. The smallest absolute Gasteiger partial charge is 0.222 e. The third-order valence-corrected chi connectivity index (χ3v) is 2.10. The van der Waals surface area contributed by atoms with Crippen molar-refractivity contribution >= 4 is 29.2 Å². The van der Waals surface area contributed by atoms with Gasteiger partial charge in [0.25, 0.3) is 0 Å². The van der Waals surface area contributed by atoms with Crippen LogP contribution >= 0.6 is 23.2 Å². The number of rotatable bonds is 3. The summed E-state index contributed by atoms with van der Waals surface area (Å²) in [6, 6.07) is 0. The first-order valence-electron chi connectivity index (χ1n) is 3.61. The molecule has 0 saturated heterocycles. The molecule has 13 heavy (non-hydrogen) atoms. The van der Waals surface area contributed by atoms with Crippen LogP contribution in [-0.2, 0) is 11.2 Å². The van der Waals surface area contributed by atoms with Crippen LogP contribution in [0.5, 0.6) is 0 Å². The third-order valence-electron chi connectivity index (χ3n) is 1.48. The van der Waals surface area contributed by atoms with Gasteiger partial charge in [-0.15, -0.1) is 0 Å². The van der Waals surface area contributed by atoms with Gasteiger partial charge in [0.15, 0.2) is 0 Å². The number of nitrogens with zero attached hydrogens (tertiary/aromatic N) is 2. The molecular weight excluding hydrogens is 213 g/mol. The molecule has 0 fully saturated rings. The Labute approximate surface area is 86.0 Å². The van der Waals surface area contributed by atoms with E-state index in [2.05, 4.69) is 9.97 Å². The second kappa shape index (κ2) is 4.60. The van der Waals surface area contributed by atoms with Crippen LogP contribution in [-0.4, -0.2) is 23.7 Å². The molecule has 72 valence electrons. The second-order valence-electron chi connectivity index (χ2n) is 2.38. The van der Waals surface area contributed by atoms with E-state index in [1.165, 1.54) is 0 Å². The Balaban J connectivity index is 2.92.